The highest BCUT2D eigenvalue weighted by Gasteiger charge is 2.39. The summed E-state index contributed by atoms with van der Waals surface area (Å²) >= 11 is 0. The molecule has 0 aromatic heterocycles. The van der Waals surface area contributed by atoms with Crippen LogP contribution < -0.4 is 5.32 Å². The third kappa shape index (κ3) is 4.64. The molecule has 3 saturated heterocycles. The van der Waals surface area contributed by atoms with E-state index < -0.39 is 0 Å². The number of hydrogen-bond acceptors (Lipinski definition) is 3. The maximum absolute atomic E-state index is 12.5. The van der Waals surface area contributed by atoms with Gasteiger partial charge in [-0.15, -0.1) is 0 Å². The Kier molecular flexibility index (Phi) is 5.98. The van der Waals surface area contributed by atoms with E-state index in [1.54, 1.807) is 0 Å². The number of nitrogens with zero attached hydrogens (tertiary/aromatic N) is 2. The Morgan fingerprint density at radius 2 is 1.93 bits per heavy atom. The van der Waals surface area contributed by atoms with E-state index >= 15 is 0 Å². The van der Waals surface area contributed by atoms with Crippen molar-refractivity contribution in [1.82, 2.24) is 15.1 Å². The Balaban J connectivity index is 1.18. The number of carbonyl (C=O) groups is 1. The fraction of sp³-hybridized carbons (Fsp3) is 0.682. The predicted octanol–water partition coefficient (Wildman–Crippen LogP) is 3.22. The minimum atomic E-state index is 0.0804. The topological polar surface area (TPSA) is 44.8 Å². The van der Waals surface area contributed by atoms with Crippen LogP contribution in [-0.4, -0.2) is 67.3 Å². The van der Waals surface area contributed by atoms with Gasteiger partial charge in [-0.2, -0.15) is 0 Å². The van der Waals surface area contributed by atoms with Crippen molar-refractivity contribution >= 4 is 6.03 Å². The van der Waals surface area contributed by atoms with Gasteiger partial charge in [0.1, 0.15) is 0 Å². The minimum Gasteiger partial charge on any atom is -0.375 e. The average Bonchev–Trinajstić information content (AvgIpc) is 3.17. The second kappa shape index (κ2) is 8.61. The predicted molar refractivity (Wildman–Crippen MR) is 107 cm³/mol. The van der Waals surface area contributed by atoms with Crippen molar-refractivity contribution in [3.05, 3.63) is 35.9 Å². The Morgan fingerprint density at radius 3 is 2.67 bits per heavy atom. The highest BCUT2D eigenvalue weighted by molar-refractivity contribution is 5.74. The quantitative estimate of drug-likeness (QED) is 0.884. The second-order valence-corrected chi connectivity index (χ2v) is 8.40. The number of benzene rings is 1. The minimum absolute atomic E-state index is 0.0804. The van der Waals surface area contributed by atoms with Crippen molar-refractivity contribution < 1.29 is 9.53 Å². The standard InChI is InChI=1S/C22H33N3O2/c26-21(25-14-10-22(11-15-25)9-5-17-27-22)23-12-16-24-13-4-8-20(18-24)19-6-2-1-3-7-19/h1-3,6-7,20H,4-5,8-18H2,(H,23,26). The first-order chi connectivity index (χ1) is 13.2. The zero-order valence-corrected chi connectivity index (χ0v) is 16.4. The zero-order chi connectivity index (χ0) is 18.5. The summed E-state index contributed by atoms with van der Waals surface area (Å²) in [4.78, 5) is 17.0. The van der Waals surface area contributed by atoms with Gasteiger partial charge in [0.2, 0.25) is 0 Å². The van der Waals surface area contributed by atoms with Crippen molar-refractivity contribution in [2.45, 2.75) is 50.0 Å². The third-order valence-corrected chi connectivity index (χ3v) is 6.63. The van der Waals surface area contributed by atoms with Crippen LogP contribution in [0.5, 0.6) is 0 Å². The van der Waals surface area contributed by atoms with Crippen LogP contribution in [0.3, 0.4) is 0 Å². The van der Waals surface area contributed by atoms with Crippen LogP contribution in [0.15, 0.2) is 30.3 Å². The van der Waals surface area contributed by atoms with Gasteiger partial charge in [-0.05, 0) is 56.6 Å². The normalized spacial score (nSPS) is 25.6. The largest absolute Gasteiger partial charge is 0.375 e. The highest BCUT2D eigenvalue weighted by Crippen LogP contribution is 2.35. The van der Waals surface area contributed by atoms with E-state index in [-0.39, 0.29) is 11.6 Å². The second-order valence-electron chi connectivity index (χ2n) is 8.40. The molecule has 5 heteroatoms. The average molecular weight is 372 g/mol. The van der Waals surface area contributed by atoms with Gasteiger partial charge >= 0.3 is 6.03 Å². The number of piperidine rings is 2. The van der Waals surface area contributed by atoms with Gasteiger partial charge in [-0.1, -0.05) is 30.3 Å². The summed E-state index contributed by atoms with van der Waals surface area (Å²) in [7, 11) is 0. The van der Waals surface area contributed by atoms with Gasteiger partial charge < -0.3 is 19.9 Å². The Hall–Kier alpha value is -1.59. The number of ether oxygens (including phenoxy) is 1. The van der Waals surface area contributed by atoms with Crippen molar-refractivity contribution in [2.75, 3.05) is 45.9 Å². The fourth-order valence-electron chi connectivity index (χ4n) is 4.96. The lowest BCUT2D eigenvalue weighted by Crippen LogP contribution is -2.50. The molecule has 1 N–H and O–H groups in total. The lowest BCUT2D eigenvalue weighted by Gasteiger charge is -2.38. The summed E-state index contributed by atoms with van der Waals surface area (Å²) in [6.45, 7) is 6.46. The number of nitrogens with one attached hydrogen (secondary N) is 1. The molecule has 148 valence electrons. The van der Waals surface area contributed by atoms with Crippen molar-refractivity contribution in [1.29, 1.82) is 0 Å². The number of rotatable bonds is 4. The van der Waals surface area contributed by atoms with E-state index in [4.69, 9.17) is 4.74 Å². The molecule has 0 saturated carbocycles. The lowest BCUT2D eigenvalue weighted by molar-refractivity contribution is -0.0361. The lowest BCUT2D eigenvalue weighted by atomic mass is 9.89. The van der Waals surface area contributed by atoms with Gasteiger partial charge in [0, 0.05) is 39.3 Å². The SMILES string of the molecule is O=C(NCCN1CCCC(c2ccccc2)C1)N1CCC2(CCCO2)CC1. The molecular weight excluding hydrogens is 338 g/mol. The summed E-state index contributed by atoms with van der Waals surface area (Å²) in [6, 6.07) is 10.9. The number of urea groups is 1. The van der Waals surface area contributed by atoms with Crippen molar-refractivity contribution in [3.8, 4) is 0 Å². The molecule has 3 aliphatic heterocycles. The maximum Gasteiger partial charge on any atom is 0.317 e. The number of likely N-dealkylation sites (tertiary alicyclic amines) is 2. The molecule has 2 amide bonds. The molecule has 1 unspecified atom stereocenters. The molecule has 1 aromatic carbocycles. The fourth-order valence-corrected chi connectivity index (χ4v) is 4.96. The van der Waals surface area contributed by atoms with Gasteiger partial charge in [0.05, 0.1) is 5.60 Å². The van der Waals surface area contributed by atoms with Crippen LogP contribution in [0.4, 0.5) is 4.79 Å². The van der Waals surface area contributed by atoms with E-state index in [0.717, 1.165) is 58.7 Å². The zero-order valence-electron chi connectivity index (χ0n) is 16.4. The summed E-state index contributed by atoms with van der Waals surface area (Å²) in [6.07, 6.45) is 6.83. The van der Waals surface area contributed by atoms with Gasteiger partial charge in [-0.3, -0.25) is 0 Å². The van der Waals surface area contributed by atoms with E-state index in [9.17, 15) is 4.79 Å². The molecule has 1 spiro atoms. The summed E-state index contributed by atoms with van der Waals surface area (Å²) in [5, 5.41) is 3.14. The Bertz CT molecular complexity index is 605. The summed E-state index contributed by atoms with van der Waals surface area (Å²) < 4.78 is 5.95. The van der Waals surface area contributed by atoms with Gasteiger partial charge in [-0.25, -0.2) is 4.79 Å². The maximum atomic E-state index is 12.5. The van der Waals surface area contributed by atoms with E-state index in [2.05, 4.69) is 40.5 Å². The number of carbonyl (C=O) groups excluding carboxylic acids is 1. The van der Waals surface area contributed by atoms with Crippen LogP contribution in [0, 0.1) is 0 Å². The monoisotopic (exact) mass is 371 g/mol. The van der Waals surface area contributed by atoms with Crippen LogP contribution in [0.2, 0.25) is 0 Å². The molecular formula is C22H33N3O2. The first-order valence-electron chi connectivity index (χ1n) is 10.7. The Labute approximate surface area is 163 Å². The molecule has 4 rings (SSSR count). The van der Waals surface area contributed by atoms with Gasteiger partial charge in [0.25, 0.3) is 0 Å². The molecule has 0 aliphatic carbocycles. The van der Waals surface area contributed by atoms with Crippen molar-refractivity contribution in [3.63, 3.8) is 0 Å². The Morgan fingerprint density at radius 1 is 1.11 bits per heavy atom. The number of amides is 2. The van der Waals surface area contributed by atoms with E-state index in [0.29, 0.717) is 5.92 Å². The molecule has 0 bridgehead atoms. The molecule has 27 heavy (non-hydrogen) atoms. The third-order valence-electron chi connectivity index (χ3n) is 6.63. The molecule has 0 radical (unpaired) electrons. The summed E-state index contributed by atoms with van der Waals surface area (Å²) in [5.74, 6) is 0.625. The molecule has 1 aromatic rings. The van der Waals surface area contributed by atoms with Crippen LogP contribution in [0.1, 0.15) is 50.0 Å². The van der Waals surface area contributed by atoms with Crippen LogP contribution >= 0.6 is 0 Å². The molecule has 3 aliphatic rings. The van der Waals surface area contributed by atoms with E-state index in [1.165, 1.54) is 31.2 Å². The molecule has 1 atom stereocenters. The van der Waals surface area contributed by atoms with Gasteiger partial charge in [0.15, 0.2) is 0 Å². The van der Waals surface area contributed by atoms with E-state index in [1.807, 2.05) is 4.90 Å². The van der Waals surface area contributed by atoms with Crippen molar-refractivity contribution in [2.24, 2.45) is 0 Å². The van der Waals surface area contributed by atoms with Crippen LogP contribution in [-0.2, 0) is 4.74 Å². The smallest absolute Gasteiger partial charge is 0.317 e. The molecule has 3 heterocycles. The number of hydrogen-bond donors (Lipinski definition) is 1. The first-order valence-corrected chi connectivity index (χ1v) is 10.7. The summed E-state index contributed by atoms with van der Waals surface area (Å²) in [5.41, 5.74) is 1.53. The van der Waals surface area contributed by atoms with Crippen LogP contribution in [0.25, 0.3) is 0 Å². The highest BCUT2D eigenvalue weighted by atomic mass is 16.5. The molecule has 5 nitrogen and oxygen atoms in total. The first kappa shape index (κ1) is 18.8. The molecule has 3 fully saturated rings.